The summed E-state index contributed by atoms with van der Waals surface area (Å²) in [4.78, 5) is 11.7. The lowest BCUT2D eigenvalue weighted by atomic mass is 10.1. The van der Waals surface area contributed by atoms with Crippen molar-refractivity contribution in [3.8, 4) is 0 Å². The van der Waals surface area contributed by atoms with Crippen molar-refractivity contribution in [3.05, 3.63) is 12.4 Å². The molecule has 0 aliphatic heterocycles. The van der Waals surface area contributed by atoms with Gasteiger partial charge >= 0.3 is 0 Å². The minimum atomic E-state index is -0.502. The molecule has 1 unspecified atom stereocenters. The van der Waals surface area contributed by atoms with E-state index in [1.807, 2.05) is 13.8 Å². The fourth-order valence-electron chi connectivity index (χ4n) is 1.26. The number of hydrogen-bond donors (Lipinski definition) is 2. The molecule has 0 bridgehead atoms. The molecule has 1 aromatic rings. The second kappa shape index (κ2) is 6.36. The number of amides is 1. The first-order valence-corrected chi connectivity index (χ1v) is 5.62. The molecule has 0 aromatic carbocycles. The van der Waals surface area contributed by atoms with Crippen LogP contribution in [0, 0.1) is 5.92 Å². The topological polar surface area (TPSA) is 82.2 Å². The smallest absolute Gasteiger partial charge is 0.241 e. The van der Waals surface area contributed by atoms with Gasteiger partial charge in [-0.1, -0.05) is 13.8 Å². The molecule has 1 aromatic heterocycles. The normalized spacial score (nSPS) is 12.8. The average molecular weight is 240 g/mol. The Labute approximate surface area is 101 Å². The predicted octanol–water partition coefficient (Wildman–Crippen LogP) is 0.451. The Bertz CT molecular complexity index is 362. The lowest BCUT2D eigenvalue weighted by molar-refractivity contribution is -0.118. The molecule has 0 spiro atoms. The number of nitrogens with zero attached hydrogens (tertiary/aromatic N) is 2. The van der Waals surface area contributed by atoms with Crippen LogP contribution in [0.1, 0.15) is 13.8 Å². The van der Waals surface area contributed by atoms with Crippen LogP contribution in [-0.4, -0.2) is 35.4 Å². The largest absolute Gasteiger partial charge is 0.383 e. The van der Waals surface area contributed by atoms with Gasteiger partial charge in [0.05, 0.1) is 31.1 Å². The van der Waals surface area contributed by atoms with Gasteiger partial charge in [0.2, 0.25) is 5.91 Å². The lowest BCUT2D eigenvalue weighted by Gasteiger charge is -2.14. The highest BCUT2D eigenvalue weighted by atomic mass is 16.5. The molecule has 3 N–H and O–H groups in total. The van der Waals surface area contributed by atoms with Crippen molar-refractivity contribution in [2.75, 3.05) is 19.0 Å². The minimum Gasteiger partial charge on any atom is -0.383 e. The van der Waals surface area contributed by atoms with E-state index in [9.17, 15) is 4.79 Å². The predicted molar refractivity (Wildman–Crippen MR) is 65.5 cm³/mol. The number of anilines is 1. The zero-order valence-corrected chi connectivity index (χ0v) is 10.5. The molecule has 1 heterocycles. The SMILES string of the molecule is COCCn1cc(NC(=O)C(N)C(C)C)cn1. The van der Waals surface area contributed by atoms with E-state index in [1.165, 1.54) is 0 Å². The highest BCUT2D eigenvalue weighted by molar-refractivity contribution is 5.94. The molecule has 1 atom stereocenters. The highest BCUT2D eigenvalue weighted by Crippen LogP contribution is 2.07. The Kier molecular flexibility index (Phi) is 5.11. The standard InChI is InChI=1S/C11H20N4O2/c1-8(2)10(12)11(16)14-9-6-13-15(7-9)4-5-17-3/h6-8,10H,4-5,12H2,1-3H3,(H,14,16). The molecular formula is C11H20N4O2. The van der Waals surface area contributed by atoms with Crippen molar-refractivity contribution in [1.82, 2.24) is 9.78 Å². The van der Waals surface area contributed by atoms with Crippen molar-refractivity contribution < 1.29 is 9.53 Å². The lowest BCUT2D eigenvalue weighted by Crippen LogP contribution is -2.39. The Morgan fingerprint density at radius 3 is 2.94 bits per heavy atom. The van der Waals surface area contributed by atoms with E-state index in [4.69, 9.17) is 10.5 Å². The maximum Gasteiger partial charge on any atom is 0.241 e. The summed E-state index contributed by atoms with van der Waals surface area (Å²) < 4.78 is 6.65. The average Bonchev–Trinajstić information content (AvgIpc) is 2.72. The van der Waals surface area contributed by atoms with Gasteiger partial charge in [-0.15, -0.1) is 0 Å². The first kappa shape index (κ1) is 13.7. The van der Waals surface area contributed by atoms with Crippen LogP contribution in [0.5, 0.6) is 0 Å². The Morgan fingerprint density at radius 1 is 1.65 bits per heavy atom. The van der Waals surface area contributed by atoms with Gasteiger partial charge in [-0.05, 0) is 5.92 Å². The van der Waals surface area contributed by atoms with Crippen LogP contribution in [0.3, 0.4) is 0 Å². The molecule has 17 heavy (non-hydrogen) atoms. The highest BCUT2D eigenvalue weighted by Gasteiger charge is 2.17. The summed E-state index contributed by atoms with van der Waals surface area (Å²) in [6.45, 7) is 5.06. The molecule has 0 aliphatic rings. The second-order valence-corrected chi connectivity index (χ2v) is 4.24. The third-order valence-corrected chi connectivity index (χ3v) is 2.45. The zero-order valence-electron chi connectivity index (χ0n) is 10.5. The molecule has 0 saturated heterocycles. The van der Waals surface area contributed by atoms with E-state index in [2.05, 4.69) is 10.4 Å². The molecule has 96 valence electrons. The van der Waals surface area contributed by atoms with E-state index in [-0.39, 0.29) is 11.8 Å². The summed E-state index contributed by atoms with van der Waals surface area (Å²) in [5.41, 5.74) is 6.39. The molecule has 1 amide bonds. The van der Waals surface area contributed by atoms with Gasteiger partial charge in [0, 0.05) is 13.3 Å². The summed E-state index contributed by atoms with van der Waals surface area (Å²) in [7, 11) is 1.63. The van der Waals surface area contributed by atoms with Gasteiger partial charge in [0.15, 0.2) is 0 Å². The molecule has 0 aliphatic carbocycles. The molecular weight excluding hydrogens is 220 g/mol. The van der Waals surface area contributed by atoms with Crippen molar-refractivity contribution in [2.24, 2.45) is 11.7 Å². The summed E-state index contributed by atoms with van der Waals surface area (Å²) in [5.74, 6) is -0.0789. The first-order chi connectivity index (χ1) is 8.04. The van der Waals surface area contributed by atoms with Gasteiger partial charge in [-0.2, -0.15) is 5.10 Å². The van der Waals surface area contributed by atoms with Crippen LogP contribution in [0.2, 0.25) is 0 Å². The monoisotopic (exact) mass is 240 g/mol. The number of aromatic nitrogens is 2. The van der Waals surface area contributed by atoms with E-state index in [1.54, 1.807) is 24.2 Å². The van der Waals surface area contributed by atoms with Crippen LogP contribution in [0.4, 0.5) is 5.69 Å². The number of hydrogen-bond acceptors (Lipinski definition) is 4. The Hall–Kier alpha value is -1.40. The van der Waals surface area contributed by atoms with Crippen molar-refractivity contribution in [3.63, 3.8) is 0 Å². The maximum atomic E-state index is 11.7. The number of carbonyl (C=O) groups excluding carboxylic acids is 1. The fourth-order valence-corrected chi connectivity index (χ4v) is 1.26. The van der Waals surface area contributed by atoms with Gasteiger partial charge in [-0.3, -0.25) is 9.48 Å². The van der Waals surface area contributed by atoms with Crippen molar-refractivity contribution in [1.29, 1.82) is 0 Å². The number of ether oxygens (including phenoxy) is 1. The molecule has 1 rings (SSSR count). The van der Waals surface area contributed by atoms with Crippen molar-refractivity contribution >= 4 is 11.6 Å². The first-order valence-electron chi connectivity index (χ1n) is 5.62. The number of nitrogens with two attached hydrogens (primary N) is 1. The minimum absolute atomic E-state index is 0.110. The van der Waals surface area contributed by atoms with Crippen LogP contribution < -0.4 is 11.1 Å². The zero-order chi connectivity index (χ0) is 12.8. The molecule has 6 nitrogen and oxygen atoms in total. The van der Waals surface area contributed by atoms with E-state index in [0.29, 0.717) is 18.8 Å². The quantitative estimate of drug-likeness (QED) is 0.756. The van der Waals surface area contributed by atoms with Crippen molar-refractivity contribution in [2.45, 2.75) is 26.4 Å². The van der Waals surface area contributed by atoms with Gasteiger partial charge < -0.3 is 15.8 Å². The third kappa shape index (κ3) is 4.16. The van der Waals surface area contributed by atoms with E-state index >= 15 is 0 Å². The summed E-state index contributed by atoms with van der Waals surface area (Å²) in [6, 6.07) is -0.502. The molecule has 0 fully saturated rings. The van der Waals surface area contributed by atoms with Gasteiger partial charge in [0.25, 0.3) is 0 Å². The molecule has 0 radical (unpaired) electrons. The van der Waals surface area contributed by atoms with Gasteiger partial charge in [0.1, 0.15) is 0 Å². The molecule has 6 heteroatoms. The van der Waals surface area contributed by atoms with Crippen LogP contribution in [-0.2, 0) is 16.1 Å². The fraction of sp³-hybridized carbons (Fsp3) is 0.636. The number of carbonyl (C=O) groups is 1. The summed E-state index contributed by atoms with van der Waals surface area (Å²) >= 11 is 0. The van der Waals surface area contributed by atoms with Crippen LogP contribution in [0.15, 0.2) is 12.4 Å². The van der Waals surface area contributed by atoms with Crippen LogP contribution >= 0.6 is 0 Å². The summed E-state index contributed by atoms with van der Waals surface area (Å²) in [6.07, 6.45) is 3.35. The van der Waals surface area contributed by atoms with Gasteiger partial charge in [-0.25, -0.2) is 0 Å². The number of rotatable bonds is 6. The molecule has 0 saturated carbocycles. The van der Waals surface area contributed by atoms with E-state index < -0.39 is 6.04 Å². The second-order valence-electron chi connectivity index (χ2n) is 4.24. The number of nitrogens with one attached hydrogen (secondary N) is 1. The third-order valence-electron chi connectivity index (χ3n) is 2.45. The summed E-state index contributed by atoms with van der Waals surface area (Å²) in [5, 5.41) is 6.82. The Balaban J connectivity index is 2.51. The van der Waals surface area contributed by atoms with E-state index in [0.717, 1.165) is 0 Å². The van der Waals surface area contributed by atoms with Crippen LogP contribution in [0.25, 0.3) is 0 Å². The Morgan fingerprint density at radius 2 is 2.35 bits per heavy atom. The number of methoxy groups -OCH3 is 1. The maximum absolute atomic E-state index is 11.7.